The summed E-state index contributed by atoms with van der Waals surface area (Å²) < 4.78 is 21.8. The van der Waals surface area contributed by atoms with Crippen LogP contribution in [0.5, 0.6) is 11.6 Å². The molecule has 1 N–H and O–H groups in total. The predicted molar refractivity (Wildman–Crippen MR) is 118 cm³/mol. The van der Waals surface area contributed by atoms with E-state index in [1.165, 1.54) is 12.1 Å². The number of ether oxygens (including phenoxy) is 1. The van der Waals surface area contributed by atoms with Gasteiger partial charge in [0.05, 0.1) is 23.1 Å². The number of benzene rings is 2. The number of aromatic nitrogens is 3. The highest BCUT2D eigenvalue weighted by Crippen LogP contribution is 2.23. The van der Waals surface area contributed by atoms with Crippen LogP contribution in [0.3, 0.4) is 0 Å². The minimum Gasteiger partial charge on any atom is -0.439 e. The molecule has 31 heavy (non-hydrogen) atoms. The maximum atomic E-state index is 13.4. The molecule has 0 aliphatic rings. The van der Waals surface area contributed by atoms with Crippen LogP contribution in [0.2, 0.25) is 0 Å². The number of rotatable bonds is 6. The molecule has 4 aromatic rings. The molecule has 0 unspecified atom stereocenters. The fourth-order valence-corrected chi connectivity index (χ4v) is 3.30. The fourth-order valence-electron chi connectivity index (χ4n) is 3.04. The lowest BCUT2D eigenvalue weighted by Gasteiger charge is -2.11. The van der Waals surface area contributed by atoms with Gasteiger partial charge in [-0.2, -0.15) is 5.10 Å². The third-order valence-corrected chi connectivity index (χ3v) is 5.15. The van der Waals surface area contributed by atoms with Gasteiger partial charge in [0, 0.05) is 28.8 Å². The van der Waals surface area contributed by atoms with E-state index >= 15 is 0 Å². The number of nitrogens with zero attached hydrogens (tertiary/aromatic N) is 3. The number of amides is 1. The number of halogens is 2. The van der Waals surface area contributed by atoms with E-state index in [4.69, 9.17) is 4.74 Å². The van der Waals surface area contributed by atoms with Crippen LogP contribution in [0.15, 0.2) is 77.5 Å². The van der Waals surface area contributed by atoms with Crippen LogP contribution in [-0.4, -0.2) is 20.7 Å². The van der Waals surface area contributed by atoms with E-state index < -0.39 is 5.82 Å². The molecule has 0 radical (unpaired) electrons. The molecule has 0 saturated carbocycles. The summed E-state index contributed by atoms with van der Waals surface area (Å²) in [5.74, 6) is -0.0310. The molecule has 2 aromatic carbocycles. The smallest absolute Gasteiger partial charge is 0.255 e. The van der Waals surface area contributed by atoms with E-state index in [0.717, 1.165) is 15.9 Å². The van der Waals surface area contributed by atoms with Gasteiger partial charge in [0.1, 0.15) is 11.6 Å². The van der Waals surface area contributed by atoms with Crippen LogP contribution in [0.1, 0.15) is 21.6 Å². The highest BCUT2D eigenvalue weighted by Gasteiger charge is 2.16. The van der Waals surface area contributed by atoms with Crippen molar-refractivity contribution in [1.29, 1.82) is 0 Å². The first-order valence-corrected chi connectivity index (χ1v) is 10.3. The fraction of sp³-hybridized carbons (Fsp3) is 0.0870. The predicted octanol–water partition coefficient (Wildman–Crippen LogP) is 5.20. The van der Waals surface area contributed by atoms with Crippen molar-refractivity contribution >= 4 is 21.8 Å². The Morgan fingerprint density at radius 3 is 2.74 bits per heavy atom. The van der Waals surface area contributed by atoms with E-state index in [-0.39, 0.29) is 12.5 Å². The van der Waals surface area contributed by atoms with Crippen molar-refractivity contribution in [2.24, 2.45) is 0 Å². The summed E-state index contributed by atoms with van der Waals surface area (Å²) in [5.41, 5.74) is 2.72. The van der Waals surface area contributed by atoms with Crippen molar-refractivity contribution in [3.05, 3.63) is 100 Å². The molecule has 0 atom stereocenters. The number of pyridine rings is 1. The molecule has 2 heterocycles. The van der Waals surface area contributed by atoms with Gasteiger partial charge in [-0.3, -0.25) is 4.79 Å². The molecule has 0 aliphatic heterocycles. The van der Waals surface area contributed by atoms with Crippen molar-refractivity contribution in [3.8, 4) is 17.3 Å². The molecule has 2 aromatic heterocycles. The lowest BCUT2D eigenvalue weighted by molar-refractivity contribution is 0.0950. The molecule has 4 rings (SSSR count). The first-order valence-electron chi connectivity index (χ1n) is 9.47. The number of carbonyl (C=O) groups is 1. The second kappa shape index (κ2) is 9.09. The van der Waals surface area contributed by atoms with Gasteiger partial charge >= 0.3 is 0 Å². The van der Waals surface area contributed by atoms with Gasteiger partial charge in [0.15, 0.2) is 0 Å². The van der Waals surface area contributed by atoms with E-state index in [0.29, 0.717) is 22.8 Å². The average Bonchev–Trinajstić information content (AvgIpc) is 3.15. The Balaban J connectivity index is 1.48. The third kappa shape index (κ3) is 4.80. The van der Waals surface area contributed by atoms with Crippen LogP contribution in [-0.2, 0) is 6.54 Å². The highest BCUT2D eigenvalue weighted by atomic mass is 79.9. The SMILES string of the molecule is Cc1c(C(=O)NCc2cccnc2Oc2cccc(F)c2)cnn1-c1ccc(Br)cc1. The molecular weight excluding hydrogens is 463 g/mol. The Bertz CT molecular complexity index is 1220. The molecule has 1 amide bonds. The first-order chi connectivity index (χ1) is 15.0. The quantitative estimate of drug-likeness (QED) is 0.411. The Labute approximate surface area is 186 Å². The maximum absolute atomic E-state index is 13.4. The second-order valence-corrected chi connectivity index (χ2v) is 7.66. The van der Waals surface area contributed by atoms with Crippen molar-refractivity contribution < 1.29 is 13.9 Å². The molecular formula is C23H18BrFN4O2. The minimum absolute atomic E-state index is 0.195. The van der Waals surface area contributed by atoms with Crippen molar-refractivity contribution in [2.45, 2.75) is 13.5 Å². The zero-order chi connectivity index (χ0) is 21.8. The standard InChI is InChI=1S/C23H18BrFN4O2/c1-15-21(14-28-29(15)19-9-7-17(24)8-10-19)22(30)27-13-16-4-3-11-26-23(16)31-20-6-2-5-18(25)12-20/h2-12,14H,13H2,1H3,(H,27,30). The van der Waals surface area contributed by atoms with E-state index in [2.05, 4.69) is 31.3 Å². The highest BCUT2D eigenvalue weighted by molar-refractivity contribution is 9.10. The summed E-state index contributed by atoms with van der Waals surface area (Å²) in [7, 11) is 0. The average molecular weight is 481 g/mol. The summed E-state index contributed by atoms with van der Waals surface area (Å²) in [6.45, 7) is 2.03. The van der Waals surface area contributed by atoms with E-state index in [1.807, 2.05) is 31.2 Å². The van der Waals surface area contributed by atoms with Crippen molar-refractivity contribution in [3.63, 3.8) is 0 Å². The van der Waals surface area contributed by atoms with E-state index in [1.54, 1.807) is 41.3 Å². The third-order valence-electron chi connectivity index (χ3n) is 4.63. The maximum Gasteiger partial charge on any atom is 0.255 e. The summed E-state index contributed by atoms with van der Waals surface area (Å²) in [6, 6.07) is 17.0. The van der Waals surface area contributed by atoms with Crippen LogP contribution in [0.4, 0.5) is 4.39 Å². The Morgan fingerprint density at radius 1 is 1.16 bits per heavy atom. The first kappa shape index (κ1) is 20.7. The molecule has 0 spiro atoms. The Kier molecular flexibility index (Phi) is 6.08. The molecule has 0 aliphatic carbocycles. The minimum atomic E-state index is -0.401. The zero-order valence-electron chi connectivity index (χ0n) is 16.5. The summed E-state index contributed by atoms with van der Waals surface area (Å²) in [4.78, 5) is 17.0. The van der Waals surface area contributed by atoms with E-state index in [9.17, 15) is 9.18 Å². The zero-order valence-corrected chi connectivity index (χ0v) is 18.1. The number of hydrogen-bond donors (Lipinski definition) is 1. The van der Waals surface area contributed by atoms with Gasteiger partial charge in [-0.1, -0.05) is 28.1 Å². The van der Waals surface area contributed by atoms with Gasteiger partial charge in [0.25, 0.3) is 5.91 Å². The summed E-state index contributed by atoms with van der Waals surface area (Å²) in [6.07, 6.45) is 3.12. The molecule has 0 fully saturated rings. The van der Waals surface area contributed by atoms with Crippen LogP contribution < -0.4 is 10.1 Å². The Hall–Kier alpha value is -3.52. The summed E-state index contributed by atoms with van der Waals surface area (Å²) in [5, 5.41) is 7.22. The molecule has 8 heteroatoms. The monoisotopic (exact) mass is 480 g/mol. The molecule has 6 nitrogen and oxygen atoms in total. The van der Waals surface area contributed by atoms with Crippen molar-refractivity contribution in [2.75, 3.05) is 0 Å². The molecule has 0 saturated heterocycles. The van der Waals surface area contributed by atoms with Gasteiger partial charge in [-0.05, 0) is 49.4 Å². The molecule has 0 bridgehead atoms. The molecule has 156 valence electrons. The van der Waals surface area contributed by atoms with Crippen LogP contribution >= 0.6 is 15.9 Å². The second-order valence-electron chi connectivity index (χ2n) is 6.74. The number of carbonyl (C=O) groups excluding carboxylic acids is 1. The number of hydrogen-bond acceptors (Lipinski definition) is 4. The van der Waals surface area contributed by atoms with Gasteiger partial charge in [0.2, 0.25) is 5.88 Å². The topological polar surface area (TPSA) is 69.0 Å². The number of nitrogens with one attached hydrogen (secondary N) is 1. The van der Waals surface area contributed by atoms with Crippen LogP contribution in [0, 0.1) is 12.7 Å². The normalized spacial score (nSPS) is 10.7. The van der Waals surface area contributed by atoms with Crippen molar-refractivity contribution in [1.82, 2.24) is 20.1 Å². The van der Waals surface area contributed by atoms with Gasteiger partial charge in [-0.15, -0.1) is 0 Å². The van der Waals surface area contributed by atoms with Crippen LogP contribution in [0.25, 0.3) is 5.69 Å². The lowest BCUT2D eigenvalue weighted by atomic mass is 10.2. The van der Waals surface area contributed by atoms with Gasteiger partial charge in [-0.25, -0.2) is 14.1 Å². The summed E-state index contributed by atoms with van der Waals surface area (Å²) >= 11 is 3.41. The van der Waals surface area contributed by atoms with Gasteiger partial charge < -0.3 is 10.1 Å². The Morgan fingerprint density at radius 2 is 1.97 bits per heavy atom. The lowest BCUT2D eigenvalue weighted by Crippen LogP contribution is -2.23. The largest absolute Gasteiger partial charge is 0.439 e.